The van der Waals surface area contributed by atoms with Gasteiger partial charge in [-0.1, -0.05) is 30.3 Å². The van der Waals surface area contributed by atoms with Crippen LogP contribution in [0.1, 0.15) is 29.5 Å². The van der Waals surface area contributed by atoms with Crippen molar-refractivity contribution in [2.24, 2.45) is 5.73 Å². The van der Waals surface area contributed by atoms with Crippen molar-refractivity contribution < 1.29 is 9.53 Å². The van der Waals surface area contributed by atoms with E-state index in [1.807, 2.05) is 35.7 Å². The van der Waals surface area contributed by atoms with Gasteiger partial charge < -0.3 is 15.8 Å². The van der Waals surface area contributed by atoms with Crippen LogP contribution in [0, 0.1) is 0 Å². The lowest BCUT2D eigenvalue weighted by molar-refractivity contribution is -0.132. The van der Waals surface area contributed by atoms with Gasteiger partial charge in [-0.05, 0) is 18.4 Å². The lowest BCUT2D eigenvalue weighted by Gasteiger charge is -2.20. The summed E-state index contributed by atoms with van der Waals surface area (Å²) in [6.45, 7) is 0.457. The highest BCUT2D eigenvalue weighted by Gasteiger charge is 2.31. The fourth-order valence-electron chi connectivity index (χ4n) is 2.62. The third-order valence-corrected chi connectivity index (χ3v) is 4.62. The first kappa shape index (κ1) is 15.1. The molecule has 1 aliphatic heterocycles. The van der Waals surface area contributed by atoms with E-state index in [4.69, 9.17) is 10.5 Å². The fraction of sp³-hybridized carbons (Fsp3) is 0.375. The monoisotopic (exact) mass is 317 g/mol. The molecule has 0 radical (unpaired) electrons. The standard InChI is InChI=1S/C16H19N3O2S/c17-10-12-6-7-13(21-12)15(20)19-14(16-18-8-9-22-16)11-4-2-1-3-5-11/h1-5,8-9,12-14H,6-7,10,17H2,(H,19,20)/t12-,13+,14?/m1/s1. The van der Waals surface area contributed by atoms with Gasteiger partial charge in [0.05, 0.1) is 6.10 Å². The predicted molar refractivity (Wildman–Crippen MR) is 85.5 cm³/mol. The molecule has 0 saturated carbocycles. The van der Waals surface area contributed by atoms with E-state index in [2.05, 4.69) is 10.3 Å². The largest absolute Gasteiger partial charge is 0.364 e. The van der Waals surface area contributed by atoms with Crippen LogP contribution in [0.2, 0.25) is 0 Å². The number of benzene rings is 1. The van der Waals surface area contributed by atoms with Gasteiger partial charge >= 0.3 is 0 Å². The zero-order chi connectivity index (χ0) is 15.4. The van der Waals surface area contributed by atoms with E-state index in [0.717, 1.165) is 17.0 Å². The molecule has 1 aromatic heterocycles. The highest BCUT2D eigenvalue weighted by molar-refractivity contribution is 7.09. The summed E-state index contributed by atoms with van der Waals surface area (Å²) in [5.41, 5.74) is 6.61. The molecule has 1 amide bonds. The van der Waals surface area contributed by atoms with Gasteiger partial charge in [-0.25, -0.2) is 4.98 Å². The molecule has 116 valence electrons. The van der Waals surface area contributed by atoms with E-state index in [1.54, 1.807) is 6.20 Å². The summed E-state index contributed by atoms with van der Waals surface area (Å²) in [5, 5.41) is 5.84. The Kier molecular flexibility index (Phi) is 4.82. The van der Waals surface area contributed by atoms with Crippen molar-refractivity contribution in [1.82, 2.24) is 10.3 Å². The molecule has 1 saturated heterocycles. The second kappa shape index (κ2) is 7.00. The van der Waals surface area contributed by atoms with E-state index in [-0.39, 0.29) is 18.1 Å². The number of carbonyl (C=O) groups excluding carboxylic acids is 1. The Morgan fingerprint density at radius 2 is 2.23 bits per heavy atom. The Morgan fingerprint density at radius 3 is 2.86 bits per heavy atom. The molecule has 0 aliphatic carbocycles. The van der Waals surface area contributed by atoms with Gasteiger partial charge in [-0.2, -0.15) is 0 Å². The molecule has 1 unspecified atom stereocenters. The predicted octanol–water partition coefficient (Wildman–Crippen LogP) is 1.85. The Bertz CT molecular complexity index is 603. The molecule has 2 heterocycles. The molecular formula is C16H19N3O2S. The summed E-state index contributed by atoms with van der Waals surface area (Å²) >= 11 is 1.53. The Labute approximate surface area is 133 Å². The van der Waals surface area contributed by atoms with Crippen LogP contribution in [0.15, 0.2) is 41.9 Å². The van der Waals surface area contributed by atoms with Gasteiger partial charge in [0, 0.05) is 18.1 Å². The number of rotatable bonds is 5. The smallest absolute Gasteiger partial charge is 0.249 e. The lowest BCUT2D eigenvalue weighted by atomic mass is 10.1. The summed E-state index contributed by atoms with van der Waals surface area (Å²) in [6.07, 6.45) is 2.87. The van der Waals surface area contributed by atoms with Crippen LogP contribution in [0.4, 0.5) is 0 Å². The molecule has 5 nitrogen and oxygen atoms in total. The number of nitrogens with one attached hydrogen (secondary N) is 1. The van der Waals surface area contributed by atoms with Crippen LogP contribution >= 0.6 is 11.3 Å². The van der Waals surface area contributed by atoms with Crippen molar-refractivity contribution in [3.63, 3.8) is 0 Å². The molecule has 1 fully saturated rings. The highest BCUT2D eigenvalue weighted by atomic mass is 32.1. The second-order valence-electron chi connectivity index (χ2n) is 5.28. The lowest BCUT2D eigenvalue weighted by Crippen LogP contribution is -2.38. The maximum absolute atomic E-state index is 12.5. The molecule has 3 rings (SSSR count). The Balaban J connectivity index is 1.75. The quantitative estimate of drug-likeness (QED) is 0.882. The Hall–Kier alpha value is -1.76. The summed E-state index contributed by atoms with van der Waals surface area (Å²) < 4.78 is 5.67. The minimum absolute atomic E-state index is 0.00853. The Morgan fingerprint density at radius 1 is 1.41 bits per heavy atom. The van der Waals surface area contributed by atoms with Gasteiger partial charge in [0.2, 0.25) is 5.91 Å². The molecule has 2 aromatic rings. The van der Waals surface area contributed by atoms with Gasteiger partial charge in [0.1, 0.15) is 17.2 Å². The van der Waals surface area contributed by atoms with Crippen molar-refractivity contribution in [2.45, 2.75) is 31.1 Å². The van der Waals surface area contributed by atoms with Crippen LogP contribution in [0.3, 0.4) is 0 Å². The summed E-state index contributed by atoms with van der Waals surface area (Å²) in [4.78, 5) is 16.8. The molecular weight excluding hydrogens is 298 g/mol. The summed E-state index contributed by atoms with van der Waals surface area (Å²) in [6, 6.07) is 9.61. The zero-order valence-electron chi connectivity index (χ0n) is 12.1. The molecule has 1 aromatic carbocycles. The van der Waals surface area contributed by atoms with Gasteiger partial charge in [-0.15, -0.1) is 11.3 Å². The highest BCUT2D eigenvalue weighted by Crippen LogP contribution is 2.25. The van der Waals surface area contributed by atoms with Crippen LogP contribution < -0.4 is 11.1 Å². The summed E-state index contributed by atoms with van der Waals surface area (Å²) in [5.74, 6) is -0.0972. The van der Waals surface area contributed by atoms with Crippen molar-refractivity contribution in [1.29, 1.82) is 0 Å². The van der Waals surface area contributed by atoms with E-state index < -0.39 is 6.10 Å². The third-order valence-electron chi connectivity index (χ3n) is 3.78. The molecule has 1 aliphatic rings. The molecule has 3 atom stereocenters. The van der Waals surface area contributed by atoms with Gasteiger partial charge in [0.25, 0.3) is 0 Å². The number of hydrogen-bond acceptors (Lipinski definition) is 5. The molecule has 3 N–H and O–H groups in total. The van der Waals surface area contributed by atoms with Crippen LogP contribution in [-0.2, 0) is 9.53 Å². The van der Waals surface area contributed by atoms with Crippen LogP contribution in [-0.4, -0.2) is 29.6 Å². The first-order valence-corrected chi connectivity index (χ1v) is 8.26. The number of hydrogen-bond donors (Lipinski definition) is 2. The first-order chi connectivity index (χ1) is 10.8. The molecule has 6 heteroatoms. The van der Waals surface area contributed by atoms with E-state index >= 15 is 0 Å². The minimum atomic E-state index is -0.417. The number of nitrogens with two attached hydrogens (primary N) is 1. The van der Waals surface area contributed by atoms with Crippen molar-refractivity contribution in [3.05, 3.63) is 52.5 Å². The average molecular weight is 317 g/mol. The van der Waals surface area contributed by atoms with Crippen LogP contribution in [0.5, 0.6) is 0 Å². The summed E-state index contributed by atoms with van der Waals surface area (Å²) in [7, 11) is 0. The van der Waals surface area contributed by atoms with Gasteiger partial charge in [-0.3, -0.25) is 4.79 Å². The maximum atomic E-state index is 12.5. The number of aromatic nitrogens is 1. The first-order valence-electron chi connectivity index (χ1n) is 7.38. The van der Waals surface area contributed by atoms with Crippen LogP contribution in [0.25, 0.3) is 0 Å². The van der Waals surface area contributed by atoms with E-state index in [9.17, 15) is 4.79 Å². The van der Waals surface area contributed by atoms with E-state index in [0.29, 0.717) is 13.0 Å². The molecule has 22 heavy (non-hydrogen) atoms. The number of nitrogens with zero attached hydrogens (tertiary/aromatic N) is 1. The normalized spacial score (nSPS) is 22.4. The van der Waals surface area contributed by atoms with Crippen molar-refractivity contribution in [3.8, 4) is 0 Å². The number of ether oxygens (including phenoxy) is 1. The zero-order valence-corrected chi connectivity index (χ0v) is 13.0. The minimum Gasteiger partial charge on any atom is -0.364 e. The van der Waals surface area contributed by atoms with E-state index in [1.165, 1.54) is 11.3 Å². The fourth-order valence-corrected chi connectivity index (χ4v) is 3.33. The number of carbonyl (C=O) groups is 1. The molecule has 0 spiro atoms. The second-order valence-corrected chi connectivity index (χ2v) is 6.21. The SMILES string of the molecule is NC[C@H]1CC[C@@H](C(=O)NC(c2ccccc2)c2nccs2)O1. The number of thiazole rings is 1. The maximum Gasteiger partial charge on any atom is 0.249 e. The average Bonchev–Trinajstić information content (AvgIpc) is 3.24. The number of amides is 1. The molecule has 0 bridgehead atoms. The van der Waals surface area contributed by atoms with Gasteiger partial charge in [0.15, 0.2) is 0 Å². The third kappa shape index (κ3) is 3.35. The topological polar surface area (TPSA) is 77.2 Å². The van der Waals surface area contributed by atoms with Crippen molar-refractivity contribution in [2.75, 3.05) is 6.54 Å². The van der Waals surface area contributed by atoms with Crippen molar-refractivity contribution >= 4 is 17.2 Å².